The molecule has 0 fully saturated rings. The number of benzene rings is 2. The molecule has 0 saturated carbocycles. The number of carbonyl (C=O) groups is 2. The molecule has 2 aromatic rings. The summed E-state index contributed by atoms with van der Waals surface area (Å²) in [7, 11) is 0. The quantitative estimate of drug-likeness (QED) is 0.840. The Kier molecular flexibility index (Phi) is 5.88. The Morgan fingerprint density at radius 1 is 1.00 bits per heavy atom. The van der Waals surface area contributed by atoms with Gasteiger partial charge in [0.2, 0.25) is 5.91 Å². The molecule has 0 bridgehead atoms. The van der Waals surface area contributed by atoms with Crippen molar-refractivity contribution in [2.45, 2.75) is 6.92 Å². The van der Waals surface area contributed by atoms with E-state index in [4.69, 9.17) is 34.8 Å². The number of rotatable bonds is 4. The highest BCUT2D eigenvalue weighted by Crippen LogP contribution is 2.22. The number of hydrogen-bond donors (Lipinski definition) is 2. The Hall–Kier alpha value is -1.75. The van der Waals surface area contributed by atoms with Crippen LogP contribution in [-0.4, -0.2) is 18.4 Å². The zero-order chi connectivity index (χ0) is 17.0. The van der Waals surface area contributed by atoms with Gasteiger partial charge in [-0.15, -0.1) is 0 Å². The van der Waals surface area contributed by atoms with Gasteiger partial charge in [-0.3, -0.25) is 9.59 Å². The fourth-order valence-electron chi connectivity index (χ4n) is 1.82. The summed E-state index contributed by atoms with van der Waals surface area (Å²) in [5, 5.41) is 6.36. The first-order chi connectivity index (χ1) is 10.9. The molecule has 0 spiro atoms. The van der Waals surface area contributed by atoms with Gasteiger partial charge in [0.05, 0.1) is 16.6 Å². The molecule has 0 radical (unpaired) electrons. The lowest BCUT2D eigenvalue weighted by molar-refractivity contribution is -0.115. The van der Waals surface area contributed by atoms with E-state index in [0.717, 1.165) is 5.56 Å². The molecule has 2 amide bonds. The van der Waals surface area contributed by atoms with Crippen LogP contribution in [0.5, 0.6) is 0 Å². The highest BCUT2D eigenvalue weighted by atomic mass is 35.5. The van der Waals surface area contributed by atoms with Gasteiger partial charge < -0.3 is 10.6 Å². The molecule has 0 aromatic heterocycles. The lowest BCUT2D eigenvalue weighted by Crippen LogP contribution is -2.33. The van der Waals surface area contributed by atoms with Crippen LogP contribution in [0.15, 0.2) is 36.4 Å². The number of halogens is 3. The first kappa shape index (κ1) is 17.6. The van der Waals surface area contributed by atoms with Crippen molar-refractivity contribution in [3.8, 4) is 0 Å². The molecule has 2 N–H and O–H groups in total. The molecule has 0 aliphatic carbocycles. The Labute approximate surface area is 148 Å². The minimum Gasteiger partial charge on any atom is -0.343 e. The zero-order valence-corrected chi connectivity index (χ0v) is 14.4. The van der Waals surface area contributed by atoms with Gasteiger partial charge in [-0.05, 0) is 42.8 Å². The SMILES string of the molecule is Cc1ccc(Cl)cc1NC(=O)CNC(=O)c1ccc(Cl)c(Cl)c1. The molecule has 2 rings (SSSR count). The molecule has 0 heterocycles. The lowest BCUT2D eigenvalue weighted by Gasteiger charge is -2.10. The van der Waals surface area contributed by atoms with Crippen molar-refractivity contribution in [3.63, 3.8) is 0 Å². The van der Waals surface area contributed by atoms with E-state index in [2.05, 4.69) is 10.6 Å². The van der Waals surface area contributed by atoms with E-state index < -0.39 is 5.91 Å². The summed E-state index contributed by atoms with van der Waals surface area (Å²) in [5.41, 5.74) is 1.80. The predicted octanol–water partition coefficient (Wildman–Crippen LogP) is 4.32. The average molecular weight is 372 g/mol. The van der Waals surface area contributed by atoms with Gasteiger partial charge in [-0.25, -0.2) is 0 Å². The van der Waals surface area contributed by atoms with Gasteiger partial charge in [0, 0.05) is 16.3 Å². The van der Waals surface area contributed by atoms with E-state index in [-0.39, 0.29) is 17.5 Å². The Balaban J connectivity index is 1.94. The van der Waals surface area contributed by atoms with Crippen molar-refractivity contribution in [2.75, 3.05) is 11.9 Å². The predicted molar refractivity (Wildman–Crippen MR) is 93.6 cm³/mol. The highest BCUT2D eigenvalue weighted by Gasteiger charge is 2.11. The standard InChI is InChI=1S/C16H13Cl3N2O2/c1-9-2-4-11(17)7-14(9)21-15(22)8-20-16(23)10-3-5-12(18)13(19)6-10/h2-7H,8H2,1H3,(H,20,23)(H,21,22). The van der Waals surface area contributed by atoms with Gasteiger partial charge in [0.25, 0.3) is 5.91 Å². The second-order valence-electron chi connectivity index (χ2n) is 4.82. The monoisotopic (exact) mass is 370 g/mol. The highest BCUT2D eigenvalue weighted by molar-refractivity contribution is 6.42. The van der Waals surface area contributed by atoms with Gasteiger partial charge in [-0.2, -0.15) is 0 Å². The topological polar surface area (TPSA) is 58.2 Å². The maximum absolute atomic E-state index is 12.0. The van der Waals surface area contributed by atoms with Crippen LogP contribution in [0.3, 0.4) is 0 Å². The fourth-order valence-corrected chi connectivity index (χ4v) is 2.29. The average Bonchev–Trinajstić information content (AvgIpc) is 2.51. The Morgan fingerprint density at radius 3 is 2.43 bits per heavy atom. The van der Waals surface area contributed by atoms with Crippen LogP contribution in [-0.2, 0) is 4.79 Å². The van der Waals surface area contributed by atoms with E-state index in [1.807, 2.05) is 6.92 Å². The summed E-state index contributed by atoms with van der Waals surface area (Å²) in [4.78, 5) is 23.9. The van der Waals surface area contributed by atoms with E-state index in [1.54, 1.807) is 18.2 Å². The molecule has 23 heavy (non-hydrogen) atoms. The zero-order valence-electron chi connectivity index (χ0n) is 12.1. The molecule has 7 heteroatoms. The van der Waals surface area contributed by atoms with Gasteiger partial charge in [0.1, 0.15) is 0 Å². The summed E-state index contributed by atoms with van der Waals surface area (Å²) in [6.07, 6.45) is 0. The number of amides is 2. The van der Waals surface area contributed by atoms with Crippen LogP contribution in [0.2, 0.25) is 15.1 Å². The van der Waals surface area contributed by atoms with Crippen LogP contribution in [0.4, 0.5) is 5.69 Å². The van der Waals surface area contributed by atoms with Gasteiger partial charge in [-0.1, -0.05) is 40.9 Å². The smallest absolute Gasteiger partial charge is 0.251 e. The van der Waals surface area contributed by atoms with E-state index in [0.29, 0.717) is 21.3 Å². The number of aryl methyl sites for hydroxylation is 1. The van der Waals surface area contributed by atoms with E-state index in [9.17, 15) is 9.59 Å². The molecule has 0 aliphatic heterocycles. The number of nitrogens with one attached hydrogen (secondary N) is 2. The maximum Gasteiger partial charge on any atom is 0.251 e. The van der Waals surface area contributed by atoms with Crippen molar-refractivity contribution in [1.29, 1.82) is 0 Å². The first-order valence-electron chi connectivity index (χ1n) is 6.66. The van der Waals surface area contributed by atoms with Gasteiger partial charge >= 0.3 is 0 Å². The van der Waals surface area contributed by atoms with Crippen LogP contribution in [0.25, 0.3) is 0 Å². The third kappa shape index (κ3) is 4.86. The maximum atomic E-state index is 12.0. The van der Waals surface area contributed by atoms with Crippen LogP contribution < -0.4 is 10.6 Å². The molecular formula is C16H13Cl3N2O2. The molecule has 0 atom stereocenters. The lowest BCUT2D eigenvalue weighted by atomic mass is 10.2. The third-order valence-electron chi connectivity index (χ3n) is 3.06. The van der Waals surface area contributed by atoms with E-state index >= 15 is 0 Å². The number of hydrogen-bond acceptors (Lipinski definition) is 2. The van der Waals surface area contributed by atoms with Crippen molar-refractivity contribution < 1.29 is 9.59 Å². The summed E-state index contributed by atoms with van der Waals surface area (Å²) in [6, 6.07) is 9.68. The molecule has 0 unspecified atom stereocenters. The van der Waals surface area contributed by atoms with Crippen molar-refractivity contribution in [1.82, 2.24) is 5.32 Å². The minimum absolute atomic E-state index is 0.176. The largest absolute Gasteiger partial charge is 0.343 e. The van der Waals surface area contributed by atoms with Gasteiger partial charge in [0.15, 0.2) is 0 Å². The molecule has 120 valence electrons. The minimum atomic E-state index is -0.415. The fraction of sp³-hybridized carbons (Fsp3) is 0.125. The Morgan fingerprint density at radius 2 is 1.74 bits per heavy atom. The normalized spacial score (nSPS) is 10.3. The van der Waals surface area contributed by atoms with Crippen molar-refractivity contribution in [2.24, 2.45) is 0 Å². The second-order valence-corrected chi connectivity index (χ2v) is 6.07. The van der Waals surface area contributed by atoms with Crippen LogP contribution in [0.1, 0.15) is 15.9 Å². The number of anilines is 1. The summed E-state index contributed by atoms with van der Waals surface area (Å²) < 4.78 is 0. The first-order valence-corrected chi connectivity index (χ1v) is 7.79. The second kappa shape index (κ2) is 7.68. The molecular weight excluding hydrogens is 359 g/mol. The molecule has 0 aliphatic rings. The summed E-state index contributed by atoms with van der Waals surface area (Å²) in [5.74, 6) is -0.773. The summed E-state index contributed by atoms with van der Waals surface area (Å²) >= 11 is 17.5. The molecule has 2 aromatic carbocycles. The van der Waals surface area contributed by atoms with E-state index in [1.165, 1.54) is 18.2 Å². The Bertz CT molecular complexity index is 763. The molecule has 0 saturated heterocycles. The molecule has 4 nitrogen and oxygen atoms in total. The van der Waals surface area contributed by atoms with Crippen LogP contribution >= 0.6 is 34.8 Å². The third-order valence-corrected chi connectivity index (χ3v) is 4.04. The van der Waals surface area contributed by atoms with Crippen molar-refractivity contribution >= 4 is 52.3 Å². The van der Waals surface area contributed by atoms with Crippen LogP contribution in [0, 0.1) is 6.92 Å². The summed E-state index contributed by atoms with van der Waals surface area (Å²) in [6.45, 7) is 1.67. The number of carbonyl (C=O) groups excluding carboxylic acids is 2. The van der Waals surface area contributed by atoms with Crippen molar-refractivity contribution in [3.05, 3.63) is 62.6 Å².